The average Bonchev–Trinajstić information content (AvgIpc) is 2.75. The number of amides is 1. The van der Waals surface area contributed by atoms with Gasteiger partial charge in [-0.1, -0.05) is 49.6 Å². The van der Waals surface area contributed by atoms with E-state index in [9.17, 15) is 4.79 Å². The molecule has 0 bridgehead atoms. The molecule has 1 amide bonds. The SMILES string of the molecule is O=CN1CCN(c2cc(NC3CCCCC3)nc(-c3ccccc3)n2)CC1. The number of carbonyl (C=O) groups is 1. The molecule has 1 saturated heterocycles. The number of rotatable bonds is 5. The number of carbonyl (C=O) groups excluding carboxylic acids is 1. The highest BCUT2D eigenvalue weighted by Gasteiger charge is 2.20. The van der Waals surface area contributed by atoms with Crippen molar-refractivity contribution in [2.75, 3.05) is 36.4 Å². The lowest BCUT2D eigenvalue weighted by Crippen LogP contribution is -2.46. The second kappa shape index (κ2) is 8.37. The Kier molecular flexibility index (Phi) is 5.51. The van der Waals surface area contributed by atoms with Crippen LogP contribution < -0.4 is 10.2 Å². The minimum Gasteiger partial charge on any atom is -0.367 e. The summed E-state index contributed by atoms with van der Waals surface area (Å²) in [5, 5.41) is 3.65. The lowest BCUT2D eigenvalue weighted by atomic mass is 9.95. The topological polar surface area (TPSA) is 61.4 Å². The molecule has 142 valence electrons. The summed E-state index contributed by atoms with van der Waals surface area (Å²) in [6.45, 7) is 3.07. The molecular formula is C21H27N5O. The van der Waals surface area contributed by atoms with Gasteiger partial charge in [0.15, 0.2) is 5.82 Å². The van der Waals surface area contributed by atoms with Crippen molar-refractivity contribution >= 4 is 18.0 Å². The fourth-order valence-electron chi connectivity index (χ4n) is 3.90. The summed E-state index contributed by atoms with van der Waals surface area (Å²) in [4.78, 5) is 24.7. The summed E-state index contributed by atoms with van der Waals surface area (Å²) in [7, 11) is 0. The van der Waals surface area contributed by atoms with Crippen LogP contribution in [0, 0.1) is 0 Å². The fourth-order valence-corrected chi connectivity index (χ4v) is 3.90. The van der Waals surface area contributed by atoms with Crippen LogP contribution in [-0.4, -0.2) is 53.5 Å². The van der Waals surface area contributed by atoms with Crippen LogP contribution in [0.1, 0.15) is 32.1 Å². The third kappa shape index (κ3) is 4.38. The Labute approximate surface area is 160 Å². The fraction of sp³-hybridized carbons (Fsp3) is 0.476. The third-order valence-electron chi connectivity index (χ3n) is 5.49. The Balaban J connectivity index is 1.61. The summed E-state index contributed by atoms with van der Waals surface area (Å²) >= 11 is 0. The maximum absolute atomic E-state index is 11.0. The molecule has 6 heteroatoms. The van der Waals surface area contributed by atoms with E-state index in [0.717, 1.165) is 55.6 Å². The number of benzene rings is 1. The van der Waals surface area contributed by atoms with E-state index in [1.54, 1.807) is 0 Å². The Bertz CT molecular complexity index is 752. The first-order valence-electron chi connectivity index (χ1n) is 9.97. The smallest absolute Gasteiger partial charge is 0.209 e. The van der Waals surface area contributed by atoms with E-state index in [2.05, 4.69) is 16.3 Å². The van der Waals surface area contributed by atoms with Gasteiger partial charge in [0.2, 0.25) is 6.41 Å². The second-order valence-electron chi connectivity index (χ2n) is 7.41. The molecule has 1 N–H and O–H groups in total. The molecule has 1 aromatic carbocycles. The van der Waals surface area contributed by atoms with E-state index in [1.165, 1.54) is 32.1 Å². The highest BCUT2D eigenvalue weighted by molar-refractivity contribution is 5.62. The lowest BCUT2D eigenvalue weighted by molar-refractivity contribution is -0.118. The molecule has 1 saturated carbocycles. The van der Waals surface area contributed by atoms with Crippen molar-refractivity contribution in [3.63, 3.8) is 0 Å². The van der Waals surface area contributed by atoms with Gasteiger partial charge in [0.25, 0.3) is 0 Å². The van der Waals surface area contributed by atoms with Crippen LogP contribution in [0.3, 0.4) is 0 Å². The normalized spacial score (nSPS) is 18.4. The van der Waals surface area contributed by atoms with E-state index in [0.29, 0.717) is 6.04 Å². The minimum absolute atomic E-state index is 0.497. The van der Waals surface area contributed by atoms with Crippen molar-refractivity contribution in [1.82, 2.24) is 14.9 Å². The number of hydrogen-bond donors (Lipinski definition) is 1. The summed E-state index contributed by atoms with van der Waals surface area (Å²) in [6, 6.07) is 12.7. The summed E-state index contributed by atoms with van der Waals surface area (Å²) in [5.41, 5.74) is 1.03. The zero-order chi connectivity index (χ0) is 18.5. The predicted octanol–water partition coefficient (Wildman–Crippen LogP) is 3.17. The van der Waals surface area contributed by atoms with Gasteiger partial charge in [-0.05, 0) is 12.8 Å². The van der Waals surface area contributed by atoms with E-state index in [-0.39, 0.29) is 0 Å². The summed E-state index contributed by atoms with van der Waals surface area (Å²) in [5.74, 6) is 2.60. The van der Waals surface area contributed by atoms with Crippen molar-refractivity contribution in [2.45, 2.75) is 38.1 Å². The number of aromatic nitrogens is 2. The first-order valence-corrected chi connectivity index (χ1v) is 9.97. The lowest BCUT2D eigenvalue weighted by Gasteiger charge is -2.33. The maximum Gasteiger partial charge on any atom is 0.209 e. The van der Waals surface area contributed by atoms with Gasteiger partial charge in [0.1, 0.15) is 11.6 Å². The van der Waals surface area contributed by atoms with Crippen molar-refractivity contribution in [3.8, 4) is 11.4 Å². The van der Waals surface area contributed by atoms with Gasteiger partial charge in [0.05, 0.1) is 0 Å². The number of anilines is 2. The van der Waals surface area contributed by atoms with E-state index >= 15 is 0 Å². The Morgan fingerprint density at radius 3 is 2.41 bits per heavy atom. The summed E-state index contributed by atoms with van der Waals surface area (Å²) in [6.07, 6.45) is 7.26. The molecular weight excluding hydrogens is 338 g/mol. The number of nitrogens with one attached hydrogen (secondary N) is 1. The molecule has 4 rings (SSSR count). The molecule has 1 aliphatic carbocycles. The van der Waals surface area contributed by atoms with Gasteiger partial charge in [-0.15, -0.1) is 0 Å². The van der Waals surface area contributed by atoms with E-state index in [1.807, 2.05) is 35.2 Å². The monoisotopic (exact) mass is 365 g/mol. The van der Waals surface area contributed by atoms with Crippen molar-refractivity contribution < 1.29 is 4.79 Å². The van der Waals surface area contributed by atoms with Crippen LogP contribution in [0.15, 0.2) is 36.4 Å². The van der Waals surface area contributed by atoms with Crippen LogP contribution in [0.25, 0.3) is 11.4 Å². The quantitative estimate of drug-likeness (QED) is 0.825. The molecule has 0 radical (unpaired) electrons. The van der Waals surface area contributed by atoms with Crippen LogP contribution in [0.5, 0.6) is 0 Å². The molecule has 27 heavy (non-hydrogen) atoms. The largest absolute Gasteiger partial charge is 0.367 e. The molecule has 0 unspecified atom stereocenters. The minimum atomic E-state index is 0.497. The van der Waals surface area contributed by atoms with Crippen molar-refractivity contribution in [3.05, 3.63) is 36.4 Å². The second-order valence-corrected chi connectivity index (χ2v) is 7.41. The van der Waals surface area contributed by atoms with Gasteiger partial charge in [0, 0.05) is 43.9 Å². The van der Waals surface area contributed by atoms with Gasteiger partial charge < -0.3 is 15.1 Å². The highest BCUT2D eigenvalue weighted by Crippen LogP contribution is 2.26. The van der Waals surface area contributed by atoms with Gasteiger partial charge >= 0.3 is 0 Å². The Morgan fingerprint density at radius 1 is 0.963 bits per heavy atom. The number of hydrogen-bond acceptors (Lipinski definition) is 5. The molecule has 2 heterocycles. The van der Waals surface area contributed by atoms with Gasteiger partial charge in [-0.3, -0.25) is 4.79 Å². The zero-order valence-electron chi connectivity index (χ0n) is 15.7. The van der Waals surface area contributed by atoms with Gasteiger partial charge in [-0.2, -0.15) is 0 Å². The first kappa shape index (κ1) is 17.8. The predicted molar refractivity (Wildman–Crippen MR) is 108 cm³/mol. The molecule has 2 aromatic rings. The molecule has 0 spiro atoms. The standard InChI is InChI=1S/C21H27N5O/c27-16-25-11-13-26(14-12-25)20-15-19(22-18-9-5-2-6-10-18)23-21(24-20)17-7-3-1-4-8-17/h1,3-4,7-8,15-16,18H,2,5-6,9-14H2,(H,22,23,24). The Morgan fingerprint density at radius 2 is 1.70 bits per heavy atom. The molecule has 2 aliphatic rings. The highest BCUT2D eigenvalue weighted by atomic mass is 16.1. The first-order chi connectivity index (χ1) is 13.3. The van der Waals surface area contributed by atoms with Crippen molar-refractivity contribution in [2.24, 2.45) is 0 Å². The third-order valence-corrected chi connectivity index (χ3v) is 5.49. The van der Waals surface area contributed by atoms with Crippen LogP contribution in [0.4, 0.5) is 11.6 Å². The molecule has 1 aromatic heterocycles. The van der Waals surface area contributed by atoms with Crippen LogP contribution in [-0.2, 0) is 4.79 Å². The maximum atomic E-state index is 11.0. The van der Waals surface area contributed by atoms with Crippen LogP contribution >= 0.6 is 0 Å². The molecule has 0 atom stereocenters. The van der Waals surface area contributed by atoms with E-state index in [4.69, 9.17) is 9.97 Å². The average molecular weight is 365 g/mol. The Hall–Kier alpha value is -2.63. The number of piperazine rings is 1. The van der Waals surface area contributed by atoms with Crippen molar-refractivity contribution in [1.29, 1.82) is 0 Å². The van der Waals surface area contributed by atoms with E-state index < -0.39 is 0 Å². The summed E-state index contributed by atoms with van der Waals surface area (Å²) < 4.78 is 0. The molecule has 6 nitrogen and oxygen atoms in total. The number of nitrogens with zero attached hydrogens (tertiary/aromatic N) is 4. The molecule has 1 aliphatic heterocycles. The zero-order valence-corrected chi connectivity index (χ0v) is 15.7. The molecule has 2 fully saturated rings. The van der Waals surface area contributed by atoms with Gasteiger partial charge in [-0.25, -0.2) is 9.97 Å². The van der Waals surface area contributed by atoms with Crippen LogP contribution in [0.2, 0.25) is 0 Å².